The molecule has 0 spiro atoms. The van der Waals surface area contributed by atoms with E-state index in [2.05, 4.69) is 19.1 Å². The van der Waals surface area contributed by atoms with E-state index in [9.17, 15) is 19.8 Å². The predicted molar refractivity (Wildman–Crippen MR) is 183 cm³/mol. The largest absolute Gasteiger partial charge is 0.507 e. The highest BCUT2D eigenvalue weighted by atomic mass is 16.5. The number of ether oxygens (including phenoxy) is 1. The summed E-state index contributed by atoms with van der Waals surface area (Å²) in [6, 6.07) is 13.3. The number of carbonyl (C=O) groups excluding carboxylic acids is 1. The molecule has 1 aliphatic rings. The molecule has 242 valence electrons. The van der Waals surface area contributed by atoms with Gasteiger partial charge in [0.05, 0.1) is 11.1 Å². The van der Waals surface area contributed by atoms with Gasteiger partial charge in [0.25, 0.3) is 0 Å². The fraction of sp³-hybridized carbons (Fsp3) is 0.500. The molecule has 45 heavy (non-hydrogen) atoms. The van der Waals surface area contributed by atoms with Gasteiger partial charge in [-0.05, 0) is 69.2 Å². The summed E-state index contributed by atoms with van der Waals surface area (Å²) in [5.74, 6) is -0.997. The van der Waals surface area contributed by atoms with Crippen molar-refractivity contribution in [3.63, 3.8) is 0 Å². The highest BCUT2D eigenvalue weighted by molar-refractivity contribution is 6.00. The van der Waals surface area contributed by atoms with Crippen molar-refractivity contribution in [2.75, 3.05) is 0 Å². The zero-order valence-corrected chi connectivity index (χ0v) is 29.6. The molecule has 0 atom stereocenters. The first-order chi connectivity index (χ1) is 20.4. The first-order valence-electron chi connectivity index (χ1n) is 16.0. The Kier molecular flexibility index (Phi) is 8.40. The first kappa shape index (κ1) is 34.3. The number of aromatic hydroxyl groups is 1. The van der Waals surface area contributed by atoms with Gasteiger partial charge in [-0.25, -0.2) is 9.59 Å². The summed E-state index contributed by atoms with van der Waals surface area (Å²) < 4.78 is 6.46. The molecule has 0 bridgehead atoms. The maximum absolute atomic E-state index is 14.3. The third kappa shape index (κ3) is 6.83. The number of hydrogen-bond acceptors (Lipinski definition) is 4. The molecule has 1 fully saturated rings. The van der Waals surface area contributed by atoms with Gasteiger partial charge >= 0.3 is 11.9 Å². The van der Waals surface area contributed by atoms with Crippen molar-refractivity contribution < 1.29 is 24.5 Å². The monoisotopic (exact) mass is 612 g/mol. The second kappa shape index (κ2) is 11.0. The molecule has 3 aromatic rings. The molecule has 1 saturated carbocycles. The lowest BCUT2D eigenvalue weighted by molar-refractivity contribution is 0.0697. The van der Waals surface area contributed by atoms with Gasteiger partial charge < -0.3 is 14.9 Å². The number of benzene rings is 3. The topological polar surface area (TPSA) is 83.8 Å². The fourth-order valence-electron chi connectivity index (χ4n) is 6.07. The van der Waals surface area contributed by atoms with Crippen LogP contribution >= 0.6 is 0 Å². The summed E-state index contributed by atoms with van der Waals surface area (Å²) in [4.78, 5) is 27.2. The standard InChI is InChI=1S/C40H52O5/c1-36(2,3)27-20-24(21-28(32(27)41)37(4,5)6)35(44)45-33-29(38(7,8)9)22-26(34(42)43)30(31(33)39(10,11)12)23-14-16-25(17-15-23)40(13)18-19-40/h14-17,20-22,41H,18-19H2,1-13H3,(H,42,43). The Labute approximate surface area is 270 Å². The van der Waals surface area contributed by atoms with Crippen LogP contribution in [0.4, 0.5) is 0 Å². The van der Waals surface area contributed by atoms with E-state index in [1.165, 1.54) is 5.56 Å². The number of esters is 1. The van der Waals surface area contributed by atoms with Gasteiger partial charge in [0.2, 0.25) is 0 Å². The summed E-state index contributed by atoms with van der Waals surface area (Å²) >= 11 is 0. The molecule has 0 saturated heterocycles. The molecule has 0 unspecified atom stereocenters. The fourth-order valence-corrected chi connectivity index (χ4v) is 6.07. The van der Waals surface area contributed by atoms with Gasteiger partial charge in [-0.1, -0.05) is 114 Å². The third-order valence-corrected chi connectivity index (χ3v) is 9.10. The van der Waals surface area contributed by atoms with Crippen molar-refractivity contribution in [2.24, 2.45) is 0 Å². The number of hydrogen-bond donors (Lipinski definition) is 2. The van der Waals surface area contributed by atoms with Gasteiger partial charge in [0.1, 0.15) is 11.5 Å². The average molecular weight is 613 g/mol. The van der Waals surface area contributed by atoms with Crippen molar-refractivity contribution >= 4 is 11.9 Å². The minimum Gasteiger partial charge on any atom is -0.507 e. The second-order valence-electron chi connectivity index (χ2n) is 17.3. The van der Waals surface area contributed by atoms with Crippen LogP contribution in [0, 0.1) is 0 Å². The summed E-state index contributed by atoms with van der Waals surface area (Å²) in [6.45, 7) is 26.3. The zero-order valence-electron chi connectivity index (χ0n) is 29.6. The van der Waals surface area contributed by atoms with Crippen LogP contribution in [0.2, 0.25) is 0 Å². The lowest BCUT2D eigenvalue weighted by Crippen LogP contribution is -2.25. The lowest BCUT2D eigenvalue weighted by Gasteiger charge is -2.33. The van der Waals surface area contributed by atoms with Crippen LogP contribution in [-0.4, -0.2) is 22.2 Å². The van der Waals surface area contributed by atoms with E-state index in [-0.39, 0.29) is 16.7 Å². The molecule has 0 aromatic heterocycles. The summed E-state index contributed by atoms with van der Waals surface area (Å²) in [5, 5.41) is 21.8. The van der Waals surface area contributed by atoms with Gasteiger partial charge in [-0.3, -0.25) is 0 Å². The average Bonchev–Trinajstić information content (AvgIpc) is 3.63. The van der Waals surface area contributed by atoms with Crippen molar-refractivity contribution in [1.82, 2.24) is 0 Å². The maximum Gasteiger partial charge on any atom is 0.343 e. The van der Waals surface area contributed by atoms with Crippen LogP contribution in [0.5, 0.6) is 11.5 Å². The minimum atomic E-state index is -1.03. The van der Waals surface area contributed by atoms with E-state index in [0.717, 1.165) is 18.4 Å². The van der Waals surface area contributed by atoms with E-state index in [4.69, 9.17) is 4.74 Å². The Hall–Kier alpha value is -3.60. The Balaban J connectivity index is 2.02. The van der Waals surface area contributed by atoms with Crippen LogP contribution in [0.1, 0.15) is 151 Å². The molecule has 1 aliphatic carbocycles. The quantitative estimate of drug-likeness (QED) is 0.221. The molecule has 0 amide bonds. The number of rotatable bonds is 5. The maximum atomic E-state index is 14.3. The van der Waals surface area contributed by atoms with Gasteiger partial charge in [0.15, 0.2) is 0 Å². The van der Waals surface area contributed by atoms with E-state index in [0.29, 0.717) is 39.1 Å². The van der Waals surface area contributed by atoms with Crippen LogP contribution in [0.3, 0.4) is 0 Å². The Morgan fingerprint density at radius 3 is 1.56 bits per heavy atom. The van der Waals surface area contributed by atoms with Gasteiger partial charge in [0, 0.05) is 27.8 Å². The first-order valence-corrected chi connectivity index (χ1v) is 16.0. The molecule has 0 radical (unpaired) electrons. The van der Waals surface area contributed by atoms with Crippen molar-refractivity contribution in [2.45, 2.75) is 130 Å². The number of aromatic carboxylic acids is 1. The van der Waals surface area contributed by atoms with E-state index >= 15 is 0 Å². The summed E-state index contributed by atoms with van der Waals surface area (Å²) in [7, 11) is 0. The van der Waals surface area contributed by atoms with Crippen molar-refractivity contribution in [3.8, 4) is 22.6 Å². The Morgan fingerprint density at radius 1 is 0.711 bits per heavy atom. The van der Waals surface area contributed by atoms with Crippen molar-refractivity contribution in [1.29, 1.82) is 0 Å². The number of carboxylic acids is 1. The molecule has 2 N–H and O–H groups in total. The van der Waals surface area contributed by atoms with Gasteiger partial charge in [-0.15, -0.1) is 0 Å². The highest BCUT2D eigenvalue weighted by Gasteiger charge is 2.39. The highest BCUT2D eigenvalue weighted by Crippen LogP contribution is 2.50. The van der Waals surface area contributed by atoms with Crippen LogP contribution < -0.4 is 4.74 Å². The second-order valence-corrected chi connectivity index (χ2v) is 17.3. The van der Waals surface area contributed by atoms with E-state index in [1.807, 2.05) is 95.2 Å². The zero-order chi connectivity index (χ0) is 34.1. The SMILES string of the molecule is CC(C)(C)c1cc(C(=O)Oc2c(C(C)(C)C)cc(C(=O)O)c(-c3ccc(C4(C)CC4)cc3)c2C(C)(C)C)cc(C(C)(C)C)c1O. The van der Waals surface area contributed by atoms with Crippen molar-refractivity contribution in [3.05, 3.63) is 81.4 Å². The number of phenols is 1. The third-order valence-electron chi connectivity index (χ3n) is 9.10. The summed E-state index contributed by atoms with van der Waals surface area (Å²) in [6.07, 6.45) is 2.29. The van der Waals surface area contributed by atoms with Gasteiger partial charge in [-0.2, -0.15) is 0 Å². The molecule has 5 nitrogen and oxygen atoms in total. The minimum absolute atomic E-state index is 0.180. The molecule has 0 heterocycles. The smallest absolute Gasteiger partial charge is 0.343 e. The number of carbonyl (C=O) groups is 2. The van der Waals surface area contributed by atoms with Crippen LogP contribution in [-0.2, 0) is 27.1 Å². The van der Waals surface area contributed by atoms with Crippen LogP contribution in [0.15, 0.2) is 42.5 Å². The van der Waals surface area contributed by atoms with E-state index in [1.54, 1.807) is 18.2 Å². The molecule has 4 rings (SSSR count). The Morgan fingerprint density at radius 2 is 1.18 bits per heavy atom. The number of phenolic OH excluding ortho intramolecular Hbond substituents is 1. The Bertz CT molecular complexity index is 1610. The summed E-state index contributed by atoms with van der Waals surface area (Å²) in [5.41, 5.74) is 3.98. The molecular formula is C40H52O5. The molecular weight excluding hydrogens is 560 g/mol. The predicted octanol–water partition coefficient (Wildman–Crippen LogP) is 10.2. The molecule has 3 aromatic carbocycles. The van der Waals surface area contributed by atoms with Crippen LogP contribution in [0.25, 0.3) is 11.1 Å². The molecule has 0 aliphatic heterocycles. The molecule has 5 heteroatoms. The van der Waals surface area contributed by atoms with E-state index < -0.39 is 33.6 Å². The normalized spacial score (nSPS) is 15.1. The number of carboxylic acid groups (broad SMARTS) is 1. The lowest BCUT2D eigenvalue weighted by atomic mass is 9.74.